The van der Waals surface area contributed by atoms with E-state index in [2.05, 4.69) is 46.5 Å². The molecule has 1 spiro atoms. The smallest absolute Gasteiger partial charge is 0.162 e. The minimum Gasteiger partial charge on any atom is -0.488 e. The molecule has 2 aromatic rings. The van der Waals surface area contributed by atoms with Crippen molar-refractivity contribution in [1.29, 1.82) is 0 Å². The van der Waals surface area contributed by atoms with E-state index in [1.54, 1.807) is 0 Å². The Morgan fingerprint density at radius 3 is 2.50 bits per heavy atom. The first kappa shape index (κ1) is 21.9. The number of hydrogen-bond donors (Lipinski definition) is 0. The Morgan fingerprint density at radius 2 is 1.74 bits per heavy atom. The van der Waals surface area contributed by atoms with E-state index in [1.165, 1.54) is 24.0 Å². The van der Waals surface area contributed by atoms with Crippen LogP contribution in [0.4, 0.5) is 0 Å². The average molecular weight is 463 g/mol. The molecule has 0 N–H and O–H groups in total. The predicted molar refractivity (Wildman–Crippen MR) is 131 cm³/mol. The van der Waals surface area contributed by atoms with Crippen molar-refractivity contribution >= 4 is 5.71 Å². The molecule has 4 aliphatic rings. The second-order valence-electron chi connectivity index (χ2n) is 10.1. The minimum atomic E-state index is -0.0726. The molecule has 2 heterocycles. The van der Waals surface area contributed by atoms with Crippen molar-refractivity contribution in [2.45, 2.75) is 56.7 Å². The highest BCUT2D eigenvalue weighted by Crippen LogP contribution is 2.42. The van der Waals surface area contributed by atoms with Gasteiger partial charge in [-0.05, 0) is 55.0 Å². The van der Waals surface area contributed by atoms with Crippen LogP contribution in [0.5, 0.6) is 11.5 Å². The molecule has 0 radical (unpaired) electrons. The van der Waals surface area contributed by atoms with Gasteiger partial charge in [0.1, 0.15) is 18.3 Å². The average Bonchev–Trinajstić information content (AvgIpc) is 3.61. The Hall–Kier alpha value is -2.57. The summed E-state index contributed by atoms with van der Waals surface area (Å²) in [5, 5.41) is 4.50. The second kappa shape index (κ2) is 9.59. The fourth-order valence-electron chi connectivity index (χ4n) is 5.75. The molecule has 1 saturated carbocycles. The lowest BCUT2D eigenvalue weighted by molar-refractivity contribution is -0.0126. The van der Waals surface area contributed by atoms with Crippen LogP contribution in [0, 0.1) is 0 Å². The van der Waals surface area contributed by atoms with Gasteiger partial charge < -0.3 is 19.0 Å². The first-order valence-corrected chi connectivity index (χ1v) is 12.8. The molecule has 6 rings (SSSR count). The van der Waals surface area contributed by atoms with Crippen molar-refractivity contribution in [3.05, 3.63) is 59.2 Å². The van der Waals surface area contributed by atoms with Gasteiger partial charge in [-0.1, -0.05) is 29.4 Å². The van der Waals surface area contributed by atoms with Gasteiger partial charge in [0.05, 0.1) is 18.9 Å². The van der Waals surface area contributed by atoms with Gasteiger partial charge in [-0.25, -0.2) is 0 Å². The van der Waals surface area contributed by atoms with Crippen LogP contribution in [0.25, 0.3) is 0 Å². The monoisotopic (exact) mass is 462 g/mol. The lowest BCUT2D eigenvalue weighted by Gasteiger charge is -2.26. The standard InChI is InChI=1S/C28H34N2O4/c1-2-6-22-18-24(17-21(22)5-1)33-27-19-23(25-20-28(34-29-25)9-3-4-10-28)7-8-26(27)32-16-13-30-11-14-31-15-12-30/h1-2,5-8,19,24H,3-4,9-18,20H2. The molecular weight excluding hydrogens is 428 g/mol. The van der Waals surface area contributed by atoms with E-state index in [0.29, 0.717) is 6.61 Å². The summed E-state index contributed by atoms with van der Waals surface area (Å²) in [5.74, 6) is 1.62. The zero-order valence-electron chi connectivity index (χ0n) is 19.8. The quantitative estimate of drug-likeness (QED) is 0.611. The molecule has 2 aliphatic heterocycles. The van der Waals surface area contributed by atoms with Crippen LogP contribution in [0.15, 0.2) is 47.6 Å². The minimum absolute atomic E-state index is 0.0726. The summed E-state index contributed by atoms with van der Waals surface area (Å²) in [6.45, 7) is 5.06. The third-order valence-electron chi connectivity index (χ3n) is 7.71. The summed E-state index contributed by atoms with van der Waals surface area (Å²) in [4.78, 5) is 8.33. The van der Waals surface area contributed by atoms with E-state index >= 15 is 0 Å². The molecule has 0 amide bonds. The molecule has 0 unspecified atom stereocenters. The van der Waals surface area contributed by atoms with Gasteiger partial charge in [-0.3, -0.25) is 4.90 Å². The Bertz CT molecular complexity index is 1020. The van der Waals surface area contributed by atoms with Crippen molar-refractivity contribution in [3.8, 4) is 11.5 Å². The number of nitrogens with zero attached hydrogens (tertiary/aromatic N) is 2. The molecule has 0 atom stereocenters. The maximum absolute atomic E-state index is 6.59. The third kappa shape index (κ3) is 4.66. The van der Waals surface area contributed by atoms with Gasteiger partial charge in [0, 0.05) is 44.5 Å². The molecule has 0 aromatic heterocycles. The molecule has 34 heavy (non-hydrogen) atoms. The van der Waals surface area contributed by atoms with Gasteiger partial charge >= 0.3 is 0 Å². The number of rotatable bonds is 7. The maximum Gasteiger partial charge on any atom is 0.162 e. The van der Waals surface area contributed by atoms with Crippen molar-refractivity contribution in [2.75, 3.05) is 39.5 Å². The largest absolute Gasteiger partial charge is 0.488 e. The third-order valence-corrected chi connectivity index (χ3v) is 7.71. The van der Waals surface area contributed by atoms with Crippen molar-refractivity contribution in [3.63, 3.8) is 0 Å². The number of hydrogen-bond acceptors (Lipinski definition) is 6. The molecule has 2 aromatic carbocycles. The molecular formula is C28H34N2O4. The first-order valence-electron chi connectivity index (χ1n) is 12.8. The van der Waals surface area contributed by atoms with E-state index in [9.17, 15) is 0 Å². The number of fused-ring (bicyclic) bond motifs is 1. The zero-order chi connectivity index (χ0) is 22.8. The second-order valence-corrected chi connectivity index (χ2v) is 10.1. The van der Waals surface area contributed by atoms with Crippen LogP contribution in [-0.4, -0.2) is 61.8 Å². The normalized spacial score (nSPS) is 21.9. The molecule has 6 heteroatoms. The van der Waals surface area contributed by atoms with Crippen molar-refractivity contribution < 1.29 is 19.0 Å². The summed E-state index contributed by atoms with van der Waals surface area (Å²) in [7, 11) is 0. The van der Waals surface area contributed by atoms with Crippen LogP contribution in [0.1, 0.15) is 48.8 Å². The summed E-state index contributed by atoms with van der Waals surface area (Å²) in [6, 6.07) is 14.9. The lowest BCUT2D eigenvalue weighted by Crippen LogP contribution is -2.38. The van der Waals surface area contributed by atoms with Crippen molar-refractivity contribution in [2.24, 2.45) is 5.16 Å². The zero-order valence-corrected chi connectivity index (χ0v) is 19.8. The molecule has 6 nitrogen and oxygen atoms in total. The number of oxime groups is 1. The van der Waals surface area contributed by atoms with E-state index in [1.807, 2.05) is 6.07 Å². The maximum atomic E-state index is 6.59. The van der Waals surface area contributed by atoms with Gasteiger partial charge in [0.25, 0.3) is 0 Å². The molecule has 180 valence electrons. The van der Waals surface area contributed by atoms with Crippen molar-refractivity contribution in [1.82, 2.24) is 4.90 Å². The van der Waals surface area contributed by atoms with Crippen LogP contribution >= 0.6 is 0 Å². The van der Waals surface area contributed by atoms with Crippen LogP contribution in [-0.2, 0) is 22.4 Å². The molecule has 2 aliphatic carbocycles. The molecule has 0 bridgehead atoms. The molecule has 1 saturated heterocycles. The summed E-state index contributed by atoms with van der Waals surface area (Å²) in [5.41, 5.74) is 4.80. The highest BCUT2D eigenvalue weighted by molar-refractivity contribution is 6.02. The Balaban J connectivity index is 1.18. The Morgan fingerprint density at radius 1 is 0.971 bits per heavy atom. The van der Waals surface area contributed by atoms with Gasteiger partial charge in [0.2, 0.25) is 0 Å². The van der Waals surface area contributed by atoms with Gasteiger partial charge in [-0.15, -0.1) is 0 Å². The molecule has 2 fully saturated rings. The summed E-state index contributed by atoms with van der Waals surface area (Å²) in [6.07, 6.45) is 7.54. The number of benzene rings is 2. The first-order chi connectivity index (χ1) is 16.8. The summed E-state index contributed by atoms with van der Waals surface area (Å²) < 4.78 is 18.3. The summed E-state index contributed by atoms with van der Waals surface area (Å²) >= 11 is 0. The fourth-order valence-corrected chi connectivity index (χ4v) is 5.75. The highest BCUT2D eigenvalue weighted by Gasteiger charge is 2.42. The fraction of sp³-hybridized carbons (Fsp3) is 0.536. The van der Waals surface area contributed by atoms with E-state index in [4.69, 9.17) is 19.0 Å². The van der Waals surface area contributed by atoms with Gasteiger partial charge in [0.15, 0.2) is 11.5 Å². The highest BCUT2D eigenvalue weighted by atomic mass is 16.7. The van der Waals surface area contributed by atoms with E-state index < -0.39 is 0 Å². The Labute approximate surface area is 201 Å². The van der Waals surface area contributed by atoms with Crippen LogP contribution < -0.4 is 9.47 Å². The Kier molecular flexibility index (Phi) is 6.18. The van der Waals surface area contributed by atoms with Crippen LogP contribution in [0.3, 0.4) is 0 Å². The number of ether oxygens (including phenoxy) is 3. The SMILES string of the molecule is c1ccc2c(c1)CC(Oc1cc(C3=NOC4(CCCC4)C3)ccc1OCCN1CCOCC1)C2. The van der Waals surface area contributed by atoms with E-state index in [-0.39, 0.29) is 11.7 Å². The predicted octanol–water partition coefficient (Wildman–Crippen LogP) is 4.38. The number of morpholine rings is 1. The topological polar surface area (TPSA) is 52.5 Å². The van der Waals surface area contributed by atoms with Gasteiger partial charge in [-0.2, -0.15) is 0 Å². The van der Waals surface area contributed by atoms with Crippen LogP contribution in [0.2, 0.25) is 0 Å². The van der Waals surface area contributed by atoms with E-state index in [0.717, 1.165) is 87.7 Å². The lowest BCUT2D eigenvalue weighted by atomic mass is 9.93.